The first-order valence-corrected chi connectivity index (χ1v) is 4.55. The molecule has 0 fully saturated rings. The molecule has 0 heterocycles. The highest BCUT2D eigenvalue weighted by molar-refractivity contribution is 5.83. The van der Waals surface area contributed by atoms with Gasteiger partial charge in [0.05, 0.1) is 0 Å². The van der Waals surface area contributed by atoms with Crippen molar-refractivity contribution in [3.05, 3.63) is 29.8 Å². The van der Waals surface area contributed by atoms with E-state index in [1.165, 1.54) is 0 Å². The lowest BCUT2D eigenvalue weighted by atomic mass is 10.2. The predicted molar refractivity (Wildman–Crippen MR) is 55.5 cm³/mol. The van der Waals surface area contributed by atoms with Gasteiger partial charge in [0.15, 0.2) is 0 Å². The molecule has 0 unspecified atom stereocenters. The monoisotopic (exact) mass is 177 g/mol. The third-order valence-electron chi connectivity index (χ3n) is 2.00. The number of para-hydroxylation sites is 1. The lowest BCUT2D eigenvalue weighted by Crippen LogP contribution is -1.95. The summed E-state index contributed by atoms with van der Waals surface area (Å²) >= 11 is 0. The van der Waals surface area contributed by atoms with Crippen LogP contribution in [0.4, 0.5) is 0 Å². The molecule has 1 atom stereocenters. The molecule has 1 aromatic rings. The molecular formula is C11H15NO. The number of nitrogens with zero attached hydrogens (tertiary/aromatic N) is 1. The Kier molecular flexibility index (Phi) is 3.50. The Labute approximate surface area is 78.9 Å². The van der Waals surface area contributed by atoms with Gasteiger partial charge in [-0.25, -0.2) is 0 Å². The normalized spacial score (nSPS) is 13.4. The lowest BCUT2D eigenvalue weighted by Gasteiger charge is -2.01. The average Bonchev–Trinajstić information content (AvgIpc) is 2.16. The largest absolute Gasteiger partial charge is 0.507 e. The van der Waals surface area contributed by atoms with Gasteiger partial charge in [-0.2, -0.15) is 0 Å². The van der Waals surface area contributed by atoms with Gasteiger partial charge in [0.25, 0.3) is 0 Å². The summed E-state index contributed by atoms with van der Waals surface area (Å²) in [6.45, 7) is 4.14. The van der Waals surface area contributed by atoms with Crippen LogP contribution in [0.15, 0.2) is 29.3 Å². The minimum absolute atomic E-state index is 0.287. The van der Waals surface area contributed by atoms with E-state index >= 15 is 0 Å². The first-order chi connectivity index (χ1) is 6.24. The van der Waals surface area contributed by atoms with Crippen molar-refractivity contribution in [2.24, 2.45) is 4.99 Å². The van der Waals surface area contributed by atoms with Crippen molar-refractivity contribution in [3.8, 4) is 5.75 Å². The summed E-state index contributed by atoms with van der Waals surface area (Å²) in [6, 6.07) is 7.52. The summed E-state index contributed by atoms with van der Waals surface area (Å²) in [7, 11) is 0. The van der Waals surface area contributed by atoms with Crippen molar-refractivity contribution in [3.63, 3.8) is 0 Å². The Morgan fingerprint density at radius 3 is 2.77 bits per heavy atom. The van der Waals surface area contributed by atoms with E-state index in [1.54, 1.807) is 18.3 Å². The number of hydrogen-bond acceptors (Lipinski definition) is 2. The fourth-order valence-corrected chi connectivity index (χ4v) is 0.910. The molecular weight excluding hydrogens is 162 g/mol. The molecule has 0 saturated carbocycles. The number of rotatable bonds is 3. The van der Waals surface area contributed by atoms with Crippen molar-refractivity contribution >= 4 is 6.21 Å². The van der Waals surface area contributed by atoms with Crippen LogP contribution in [-0.2, 0) is 0 Å². The van der Waals surface area contributed by atoms with Crippen LogP contribution in [0.25, 0.3) is 0 Å². The summed E-state index contributed by atoms with van der Waals surface area (Å²) in [6.07, 6.45) is 2.74. The van der Waals surface area contributed by atoms with Gasteiger partial charge in [0.1, 0.15) is 5.75 Å². The molecule has 0 saturated heterocycles. The number of phenols is 1. The summed E-state index contributed by atoms with van der Waals surface area (Å²) in [4.78, 5) is 4.29. The van der Waals surface area contributed by atoms with Gasteiger partial charge in [-0.05, 0) is 25.5 Å². The maximum absolute atomic E-state index is 9.40. The third-order valence-corrected chi connectivity index (χ3v) is 2.00. The van der Waals surface area contributed by atoms with E-state index in [9.17, 15) is 5.11 Å². The van der Waals surface area contributed by atoms with E-state index in [2.05, 4.69) is 18.8 Å². The Hall–Kier alpha value is -1.31. The Balaban J connectivity index is 2.74. The zero-order valence-corrected chi connectivity index (χ0v) is 8.07. The first-order valence-electron chi connectivity index (χ1n) is 4.55. The second-order valence-corrected chi connectivity index (χ2v) is 3.09. The summed E-state index contributed by atoms with van der Waals surface area (Å²) in [5.41, 5.74) is 0.780. The molecule has 1 N–H and O–H groups in total. The van der Waals surface area contributed by atoms with Gasteiger partial charge in [0, 0.05) is 17.8 Å². The van der Waals surface area contributed by atoms with Gasteiger partial charge >= 0.3 is 0 Å². The Morgan fingerprint density at radius 2 is 2.15 bits per heavy atom. The van der Waals surface area contributed by atoms with Crippen LogP contribution in [0.5, 0.6) is 5.75 Å². The van der Waals surface area contributed by atoms with Gasteiger partial charge in [-0.15, -0.1) is 0 Å². The Morgan fingerprint density at radius 1 is 1.46 bits per heavy atom. The molecule has 0 amide bonds. The van der Waals surface area contributed by atoms with E-state index in [0.29, 0.717) is 6.04 Å². The smallest absolute Gasteiger partial charge is 0.124 e. The number of benzene rings is 1. The van der Waals surface area contributed by atoms with Crippen molar-refractivity contribution in [2.75, 3.05) is 0 Å². The van der Waals surface area contributed by atoms with E-state index in [4.69, 9.17) is 0 Å². The Bertz CT molecular complexity index is 294. The number of aromatic hydroxyl groups is 1. The first kappa shape index (κ1) is 9.78. The van der Waals surface area contributed by atoms with Gasteiger partial charge in [-0.1, -0.05) is 19.1 Å². The molecule has 0 aromatic heterocycles. The predicted octanol–water partition coefficient (Wildman–Crippen LogP) is 2.61. The molecule has 0 aliphatic carbocycles. The van der Waals surface area contributed by atoms with E-state index in [1.807, 2.05) is 12.1 Å². The summed E-state index contributed by atoms with van der Waals surface area (Å²) < 4.78 is 0. The minimum Gasteiger partial charge on any atom is -0.507 e. The average molecular weight is 177 g/mol. The van der Waals surface area contributed by atoms with Crippen molar-refractivity contribution in [1.82, 2.24) is 0 Å². The summed E-state index contributed by atoms with van der Waals surface area (Å²) in [5, 5.41) is 9.40. The number of aliphatic imine (C=N–C) groups is 1. The summed E-state index contributed by atoms with van der Waals surface area (Å²) in [5.74, 6) is 0.287. The molecule has 2 heteroatoms. The van der Waals surface area contributed by atoms with Crippen molar-refractivity contribution in [2.45, 2.75) is 26.3 Å². The third kappa shape index (κ3) is 2.90. The minimum atomic E-state index is 0.287. The van der Waals surface area contributed by atoms with Crippen molar-refractivity contribution < 1.29 is 5.11 Å². The molecule has 0 spiro atoms. The zero-order chi connectivity index (χ0) is 9.68. The highest BCUT2D eigenvalue weighted by Crippen LogP contribution is 2.13. The molecule has 0 aliphatic heterocycles. The molecule has 1 rings (SSSR count). The topological polar surface area (TPSA) is 32.6 Å². The van der Waals surface area contributed by atoms with Crippen LogP contribution in [0.3, 0.4) is 0 Å². The van der Waals surface area contributed by atoms with Crippen LogP contribution < -0.4 is 0 Å². The molecule has 2 nitrogen and oxygen atoms in total. The molecule has 0 radical (unpaired) electrons. The molecule has 0 bridgehead atoms. The maximum atomic E-state index is 9.40. The van der Waals surface area contributed by atoms with Crippen LogP contribution in [0.1, 0.15) is 25.8 Å². The van der Waals surface area contributed by atoms with Gasteiger partial charge in [0.2, 0.25) is 0 Å². The zero-order valence-electron chi connectivity index (χ0n) is 8.07. The van der Waals surface area contributed by atoms with Crippen LogP contribution in [-0.4, -0.2) is 17.4 Å². The molecule has 1 aromatic carbocycles. The van der Waals surface area contributed by atoms with Crippen LogP contribution in [0.2, 0.25) is 0 Å². The van der Waals surface area contributed by atoms with E-state index in [0.717, 1.165) is 12.0 Å². The SMILES string of the molecule is CC[C@@H](C)N=Cc1ccccc1O. The molecule has 70 valence electrons. The molecule has 13 heavy (non-hydrogen) atoms. The standard InChI is InChI=1S/C11H15NO/c1-3-9(2)12-8-10-6-4-5-7-11(10)13/h4-9,13H,3H2,1-2H3/t9-/m1/s1. The van der Waals surface area contributed by atoms with Crippen molar-refractivity contribution in [1.29, 1.82) is 0 Å². The second kappa shape index (κ2) is 4.65. The second-order valence-electron chi connectivity index (χ2n) is 3.09. The van der Waals surface area contributed by atoms with Gasteiger partial charge in [-0.3, -0.25) is 4.99 Å². The number of phenolic OH excluding ortho intramolecular Hbond substituents is 1. The highest BCUT2D eigenvalue weighted by atomic mass is 16.3. The molecule has 0 aliphatic rings. The lowest BCUT2D eigenvalue weighted by molar-refractivity contribution is 0.474. The van der Waals surface area contributed by atoms with Crippen LogP contribution in [0, 0.1) is 0 Å². The maximum Gasteiger partial charge on any atom is 0.124 e. The van der Waals surface area contributed by atoms with Crippen LogP contribution >= 0.6 is 0 Å². The van der Waals surface area contributed by atoms with E-state index in [-0.39, 0.29) is 5.75 Å². The van der Waals surface area contributed by atoms with E-state index < -0.39 is 0 Å². The van der Waals surface area contributed by atoms with Gasteiger partial charge < -0.3 is 5.11 Å². The quantitative estimate of drug-likeness (QED) is 0.707. The highest BCUT2D eigenvalue weighted by Gasteiger charge is 1.96. The number of hydrogen-bond donors (Lipinski definition) is 1. The fraction of sp³-hybridized carbons (Fsp3) is 0.364. The fourth-order valence-electron chi connectivity index (χ4n) is 0.910.